The van der Waals surface area contributed by atoms with Crippen LogP contribution >= 0.6 is 0 Å². The number of fused-ring (bicyclic) bond motifs is 3. The van der Waals surface area contributed by atoms with Crippen LogP contribution in [-0.2, 0) is 14.3 Å². The molecule has 0 aromatic rings. The summed E-state index contributed by atoms with van der Waals surface area (Å²) in [6.07, 6.45) is 1.82. The summed E-state index contributed by atoms with van der Waals surface area (Å²) in [7, 11) is 0. The van der Waals surface area contributed by atoms with E-state index >= 15 is 0 Å². The molecule has 0 aromatic carbocycles. The number of hydrogen-bond donors (Lipinski definition) is 0. The van der Waals surface area contributed by atoms with Gasteiger partial charge in [-0.15, -0.1) is 0 Å². The summed E-state index contributed by atoms with van der Waals surface area (Å²) in [5, 5.41) is 0. The zero-order valence-electron chi connectivity index (χ0n) is 9.10. The van der Waals surface area contributed by atoms with Gasteiger partial charge in [0.25, 0.3) is 0 Å². The molecule has 0 aromatic heterocycles. The molecule has 6 atom stereocenters. The number of hydrogen-bond acceptors (Lipinski definition) is 3. The van der Waals surface area contributed by atoms with Gasteiger partial charge in [-0.2, -0.15) is 0 Å². The minimum atomic E-state index is -0.260. The summed E-state index contributed by atoms with van der Waals surface area (Å²) in [6, 6.07) is 0. The van der Waals surface area contributed by atoms with Gasteiger partial charge in [0.15, 0.2) is 0 Å². The highest BCUT2D eigenvalue weighted by Crippen LogP contribution is 2.58. The Kier molecular flexibility index (Phi) is 1.77. The minimum Gasteiger partial charge on any atom is -0.393 e. The second-order valence-corrected chi connectivity index (χ2v) is 5.53. The lowest BCUT2D eigenvalue weighted by molar-refractivity contribution is -0.166. The highest BCUT2D eigenvalue weighted by molar-refractivity contribution is 5.90. The van der Waals surface area contributed by atoms with Gasteiger partial charge in [0.2, 0.25) is 0 Å². The first-order chi connectivity index (χ1) is 7.09. The first-order valence-corrected chi connectivity index (χ1v) is 5.85. The zero-order valence-corrected chi connectivity index (χ0v) is 9.10. The topological polar surface area (TPSA) is 43.4 Å². The van der Waals surface area contributed by atoms with Crippen molar-refractivity contribution in [1.82, 2.24) is 0 Å². The molecule has 0 spiro atoms. The molecule has 3 fully saturated rings. The number of cyclic esters (lactones) is 2. The predicted octanol–water partition coefficient (Wildman–Crippen LogP) is 1.61. The molecular formula is C12H16O3. The molecule has 0 amide bonds. The number of rotatable bonds is 0. The van der Waals surface area contributed by atoms with Crippen LogP contribution in [0.1, 0.15) is 26.7 Å². The van der Waals surface area contributed by atoms with Crippen molar-refractivity contribution < 1.29 is 14.3 Å². The third-order valence-corrected chi connectivity index (χ3v) is 4.75. The Hall–Kier alpha value is -0.860. The van der Waals surface area contributed by atoms with Crippen LogP contribution in [0.4, 0.5) is 0 Å². The Morgan fingerprint density at radius 1 is 0.933 bits per heavy atom. The minimum absolute atomic E-state index is 0.0155. The monoisotopic (exact) mass is 208 g/mol. The maximum Gasteiger partial charge on any atom is 0.316 e. The van der Waals surface area contributed by atoms with E-state index in [9.17, 15) is 9.59 Å². The first kappa shape index (κ1) is 9.37. The van der Waals surface area contributed by atoms with Crippen molar-refractivity contribution in [2.75, 3.05) is 0 Å². The van der Waals surface area contributed by atoms with Gasteiger partial charge < -0.3 is 4.74 Å². The summed E-state index contributed by atoms with van der Waals surface area (Å²) < 4.78 is 4.90. The number of ether oxygens (including phenoxy) is 1. The molecule has 3 nitrogen and oxygen atoms in total. The number of esters is 2. The predicted molar refractivity (Wildman–Crippen MR) is 52.6 cm³/mol. The zero-order chi connectivity index (χ0) is 10.7. The van der Waals surface area contributed by atoms with Gasteiger partial charge in [-0.3, -0.25) is 9.59 Å². The van der Waals surface area contributed by atoms with E-state index in [0.29, 0.717) is 23.7 Å². The smallest absolute Gasteiger partial charge is 0.316 e. The molecule has 3 heteroatoms. The van der Waals surface area contributed by atoms with Crippen LogP contribution in [0.25, 0.3) is 0 Å². The largest absolute Gasteiger partial charge is 0.393 e. The first-order valence-electron chi connectivity index (χ1n) is 5.85. The number of carbonyl (C=O) groups excluding carboxylic acids is 2. The van der Waals surface area contributed by atoms with Gasteiger partial charge in [0.1, 0.15) is 0 Å². The molecular weight excluding hydrogens is 192 g/mol. The fourth-order valence-electron chi connectivity index (χ4n) is 3.88. The highest BCUT2D eigenvalue weighted by atomic mass is 16.6. The van der Waals surface area contributed by atoms with Crippen molar-refractivity contribution in [3.05, 3.63) is 0 Å². The van der Waals surface area contributed by atoms with Gasteiger partial charge in [-0.05, 0) is 36.5 Å². The average molecular weight is 208 g/mol. The van der Waals surface area contributed by atoms with Crippen LogP contribution in [0.2, 0.25) is 0 Å². The lowest BCUT2D eigenvalue weighted by Gasteiger charge is -2.52. The highest BCUT2D eigenvalue weighted by Gasteiger charge is 2.59. The van der Waals surface area contributed by atoms with Crippen LogP contribution < -0.4 is 0 Å². The summed E-state index contributed by atoms with van der Waals surface area (Å²) in [5.74, 6) is 1.51. The second kappa shape index (κ2) is 2.83. The lowest BCUT2D eigenvalue weighted by atomic mass is 9.50. The Labute approximate surface area is 89.2 Å². The Bertz CT molecular complexity index is 304. The van der Waals surface area contributed by atoms with Gasteiger partial charge in [-0.25, -0.2) is 0 Å². The molecule has 82 valence electrons. The van der Waals surface area contributed by atoms with Crippen molar-refractivity contribution in [2.24, 2.45) is 35.5 Å². The second-order valence-electron chi connectivity index (χ2n) is 5.53. The molecule has 0 N–H and O–H groups in total. The van der Waals surface area contributed by atoms with Crippen LogP contribution in [0, 0.1) is 35.5 Å². The Balaban J connectivity index is 1.93. The fourth-order valence-corrected chi connectivity index (χ4v) is 3.88. The van der Waals surface area contributed by atoms with Crippen molar-refractivity contribution in [3.63, 3.8) is 0 Å². The molecule has 3 aliphatic rings. The maximum absolute atomic E-state index is 11.6. The molecule has 6 unspecified atom stereocenters. The molecule has 0 bridgehead atoms. The third-order valence-electron chi connectivity index (χ3n) is 4.75. The van der Waals surface area contributed by atoms with E-state index in [4.69, 9.17) is 4.74 Å². The van der Waals surface area contributed by atoms with Crippen LogP contribution in [0.15, 0.2) is 0 Å². The van der Waals surface area contributed by atoms with Crippen molar-refractivity contribution in [2.45, 2.75) is 26.7 Å². The van der Waals surface area contributed by atoms with E-state index in [0.717, 1.165) is 12.8 Å². The molecule has 2 aliphatic carbocycles. The van der Waals surface area contributed by atoms with Gasteiger partial charge in [0.05, 0.1) is 11.8 Å². The molecule has 3 rings (SSSR count). The van der Waals surface area contributed by atoms with Crippen LogP contribution in [-0.4, -0.2) is 11.9 Å². The molecule has 1 heterocycles. The van der Waals surface area contributed by atoms with E-state index in [2.05, 4.69) is 13.8 Å². The van der Waals surface area contributed by atoms with E-state index in [-0.39, 0.29) is 23.8 Å². The summed E-state index contributed by atoms with van der Waals surface area (Å²) in [4.78, 5) is 23.2. The molecule has 15 heavy (non-hydrogen) atoms. The summed E-state index contributed by atoms with van der Waals surface area (Å²) >= 11 is 0. The lowest BCUT2D eigenvalue weighted by Crippen LogP contribution is -2.51. The quantitative estimate of drug-likeness (QED) is 0.448. The van der Waals surface area contributed by atoms with Crippen molar-refractivity contribution in [1.29, 1.82) is 0 Å². The van der Waals surface area contributed by atoms with Crippen LogP contribution in [0.5, 0.6) is 0 Å². The van der Waals surface area contributed by atoms with Gasteiger partial charge in [0, 0.05) is 0 Å². The SMILES string of the molecule is CC1CC2C(=O)OC(=O)C3CC(C)C3C12. The van der Waals surface area contributed by atoms with Crippen molar-refractivity contribution in [3.8, 4) is 0 Å². The molecule has 1 saturated heterocycles. The summed E-state index contributed by atoms with van der Waals surface area (Å²) in [6.45, 7) is 4.37. The van der Waals surface area contributed by atoms with E-state index < -0.39 is 0 Å². The van der Waals surface area contributed by atoms with E-state index in [1.165, 1.54) is 0 Å². The van der Waals surface area contributed by atoms with E-state index in [1.807, 2.05) is 0 Å². The van der Waals surface area contributed by atoms with E-state index in [1.54, 1.807) is 0 Å². The van der Waals surface area contributed by atoms with Gasteiger partial charge >= 0.3 is 11.9 Å². The average Bonchev–Trinajstić information content (AvgIpc) is 2.22. The van der Waals surface area contributed by atoms with Crippen LogP contribution in [0.3, 0.4) is 0 Å². The Morgan fingerprint density at radius 3 is 1.67 bits per heavy atom. The van der Waals surface area contributed by atoms with Crippen molar-refractivity contribution >= 4 is 11.9 Å². The van der Waals surface area contributed by atoms with Gasteiger partial charge in [-0.1, -0.05) is 13.8 Å². The molecule has 1 aliphatic heterocycles. The standard InChI is InChI=1S/C12H16O3/c1-5-3-7-9(5)10-6(2)4-8(10)12(14)15-11(7)13/h5-10H,3-4H2,1-2H3. The summed E-state index contributed by atoms with van der Waals surface area (Å²) in [5.41, 5.74) is 0. The molecule has 0 radical (unpaired) electrons. The third kappa shape index (κ3) is 1.06. The number of carbonyl (C=O) groups is 2. The Morgan fingerprint density at radius 2 is 1.33 bits per heavy atom. The molecule has 2 saturated carbocycles. The maximum atomic E-state index is 11.6. The normalized spacial score (nSPS) is 52.9. The fraction of sp³-hybridized carbons (Fsp3) is 0.833.